The molecule has 0 saturated carbocycles. The highest BCUT2D eigenvalue weighted by atomic mass is 16.5. The quantitative estimate of drug-likeness (QED) is 0.679. The minimum Gasteiger partial charge on any atom is -0.497 e. The first-order chi connectivity index (χ1) is 11.3. The van der Waals surface area contributed by atoms with E-state index in [-0.39, 0.29) is 24.8 Å². The average Bonchev–Trinajstić information content (AvgIpc) is 2.49. The maximum atomic E-state index is 12.4. The zero-order valence-corrected chi connectivity index (χ0v) is 15.1. The molecule has 0 radical (unpaired) electrons. The van der Waals surface area contributed by atoms with E-state index in [1.807, 2.05) is 24.3 Å². The Labute approximate surface area is 144 Å². The second-order valence-corrected chi connectivity index (χ2v) is 6.95. The predicted molar refractivity (Wildman–Crippen MR) is 94.1 cm³/mol. The number of aliphatic carboxylic acids is 1. The summed E-state index contributed by atoms with van der Waals surface area (Å²) < 4.78 is 5.17. The summed E-state index contributed by atoms with van der Waals surface area (Å²) in [5.74, 6) is -0.217. The standard InChI is InChI=1S/C19H29NO4/c1-5-6-7-16(14-8-10-15(24-4)11-9-14)20-17(21)12-19(2,3)13-18(22)23/h8-11,16H,5-7,12-13H2,1-4H3,(H,20,21)(H,22,23). The molecular weight excluding hydrogens is 306 g/mol. The summed E-state index contributed by atoms with van der Waals surface area (Å²) in [4.78, 5) is 23.3. The monoisotopic (exact) mass is 335 g/mol. The van der Waals surface area contributed by atoms with Crippen molar-refractivity contribution in [3.05, 3.63) is 29.8 Å². The second kappa shape index (κ2) is 9.30. The molecule has 1 atom stereocenters. The van der Waals surface area contributed by atoms with E-state index in [4.69, 9.17) is 9.84 Å². The summed E-state index contributed by atoms with van der Waals surface area (Å²) in [7, 11) is 1.62. The molecular formula is C19H29NO4. The lowest BCUT2D eigenvalue weighted by Gasteiger charge is -2.25. The number of methoxy groups -OCH3 is 1. The number of rotatable bonds is 10. The van der Waals surface area contributed by atoms with Gasteiger partial charge in [-0.2, -0.15) is 0 Å². The smallest absolute Gasteiger partial charge is 0.303 e. The molecule has 0 spiro atoms. The molecule has 1 aromatic carbocycles. The molecule has 1 rings (SSSR count). The number of carbonyl (C=O) groups excluding carboxylic acids is 1. The van der Waals surface area contributed by atoms with E-state index in [1.165, 1.54) is 0 Å². The fourth-order valence-corrected chi connectivity index (χ4v) is 2.72. The van der Waals surface area contributed by atoms with Crippen LogP contribution in [-0.4, -0.2) is 24.1 Å². The third kappa shape index (κ3) is 7.02. The number of benzene rings is 1. The van der Waals surface area contributed by atoms with Crippen LogP contribution in [0.15, 0.2) is 24.3 Å². The Bertz CT molecular complexity index is 537. The maximum absolute atomic E-state index is 12.4. The maximum Gasteiger partial charge on any atom is 0.303 e. The van der Waals surface area contributed by atoms with E-state index >= 15 is 0 Å². The van der Waals surface area contributed by atoms with Crippen LogP contribution in [0.5, 0.6) is 5.75 Å². The molecule has 0 bridgehead atoms. The summed E-state index contributed by atoms with van der Waals surface area (Å²) in [5, 5.41) is 12.0. The van der Waals surface area contributed by atoms with Gasteiger partial charge in [0, 0.05) is 6.42 Å². The fraction of sp³-hybridized carbons (Fsp3) is 0.579. The average molecular weight is 335 g/mol. The molecule has 0 saturated heterocycles. The van der Waals surface area contributed by atoms with Crippen molar-refractivity contribution in [1.29, 1.82) is 0 Å². The van der Waals surface area contributed by atoms with Gasteiger partial charge in [-0.1, -0.05) is 45.7 Å². The molecule has 5 heteroatoms. The summed E-state index contributed by atoms with van der Waals surface area (Å²) in [6, 6.07) is 7.62. The van der Waals surface area contributed by atoms with Crippen molar-refractivity contribution < 1.29 is 19.4 Å². The Balaban J connectivity index is 2.77. The van der Waals surface area contributed by atoms with Gasteiger partial charge < -0.3 is 15.2 Å². The first-order valence-electron chi connectivity index (χ1n) is 8.42. The van der Waals surface area contributed by atoms with Crippen LogP contribution in [0.3, 0.4) is 0 Å². The molecule has 0 heterocycles. The molecule has 1 unspecified atom stereocenters. The van der Waals surface area contributed by atoms with Gasteiger partial charge in [-0.25, -0.2) is 0 Å². The zero-order chi connectivity index (χ0) is 18.2. The van der Waals surface area contributed by atoms with E-state index in [0.717, 1.165) is 30.6 Å². The van der Waals surface area contributed by atoms with Crippen LogP contribution in [0.25, 0.3) is 0 Å². The molecule has 0 aliphatic carbocycles. The van der Waals surface area contributed by atoms with E-state index in [9.17, 15) is 9.59 Å². The lowest BCUT2D eigenvalue weighted by atomic mass is 9.85. The summed E-state index contributed by atoms with van der Waals surface area (Å²) in [6.45, 7) is 5.72. The highest BCUT2D eigenvalue weighted by Crippen LogP contribution is 2.27. The topological polar surface area (TPSA) is 75.6 Å². The van der Waals surface area contributed by atoms with Gasteiger partial charge in [0.2, 0.25) is 5.91 Å². The molecule has 2 N–H and O–H groups in total. The van der Waals surface area contributed by atoms with Crippen LogP contribution in [0, 0.1) is 5.41 Å². The van der Waals surface area contributed by atoms with E-state index in [2.05, 4.69) is 12.2 Å². The lowest BCUT2D eigenvalue weighted by molar-refractivity contribution is -0.139. The molecule has 24 heavy (non-hydrogen) atoms. The molecule has 1 aromatic rings. The summed E-state index contributed by atoms with van der Waals surface area (Å²) >= 11 is 0. The van der Waals surface area contributed by atoms with Crippen molar-refractivity contribution in [2.45, 2.75) is 58.9 Å². The van der Waals surface area contributed by atoms with Gasteiger partial charge in [0.05, 0.1) is 19.6 Å². The number of hydrogen-bond donors (Lipinski definition) is 2. The molecule has 134 valence electrons. The third-order valence-electron chi connectivity index (χ3n) is 3.97. The second-order valence-electron chi connectivity index (χ2n) is 6.95. The Hall–Kier alpha value is -2.04. The minimum atomic E-state index is -0.884. The van der Waals surface area contributed by atoms with Crippen molar-refractivity contribution in [3.63, 3.8) is 0 Å². The minimum absolute atomic E-state index is 0.0252. The van der Waals surface area contributed by atoms with Crippen LogP contribution in [0.4, 0.5) is 0 Å². The Morgan fingerprint density at radius 2 is 1.83 bits per heavy atom. The Kier molecular flexibility index (Phi) is 7.75. The molecule has 0 aliphatic rings. The zero-order valence-electron chi connectivity index (χ0n) is 15.1. The van der Waals surface area contributed by atoms with Crippen molar-refractivity contribution in [1.82, 2.24) is 5.32 Å². The lowest BCUT2D eigenvalue weighted by Crippen LogP contribution is -2.33. The van der Waals surface area contributed by atoms with Crippen LogP contribution in [-0.2, 0) is 9.59 Å². The number of carbonyl (C=O) groups is 2. The van der Waals surface area contributed by atoms with E-state index in [0.29, 0.717) is 0 Å². The normalized spacial score (nSPS) is 12.5. The van der Waals surface area contributed by atoms with Gasteiger partial charge in [-0.15, -0.1) is 0 Å². The Morgan fingerprint density at radius 1 is 1.21 bits per heavy atom. The number of hydrogen-bond acceptors (Lipinski definition) is 3. The molecule has 5 nitrogen and oxygen atoms in total. The Morgan fingerprint density at radius 3 is 2.33 bits per heavy atom. The first kappa shape index (κ1) is 20.0. The number of ether oxygens (including phenoxy) is 1. The van der Waals surface area contributed by atoms with E-state index in [1.54, 1.807) is 21.0 Å². The number of unbranched alkanes of at least 4 members (excludes halogenated alkanes) is 1. The first-order valence-corrected chi connectivity index (χ1v) is 8.42. The van der Waals surface area contributed by atoms with Gasteiger partial charge in [0.25, 0.3) is 0 Å². The van der Waals surface area contributed by atoms with Crippen LogP contribution in [0.2, 0.25) is 0 Å². The molecule has 1 amide bonds. The fourth-order valence-electron chi connectivity index (χ4n) is 2.72. The van der Waals surface area contributed by atoms with Crippen molar-refractivity contribution in [2.24, 2.45) is 5.41 Å². The number of nitrogens with one attached hydrogen (secondary N) is 1. The van der Waals surface area contributed by atoms with Crippen molar-refractivity contribution in [2.75, 3.05) is 7.11 Å². The van der Waals surface area contributed by atoms with Gasteiger partial charge >= 0.3 is 5.97 Å². The van der Waals surface area contributed by atoms with Crippen LogP contribution < -0.4 is 10.1 Å². The molecule has 0 aromatic heterocycles. The number of carboxylic acids is 1. The van der Waals surface area contributed by atoms with Crippen molar-refractivity contribution in [3.8, 4) is 5.75 Å². The third-order valence-corrected chi connectivity index (χ3v) is 3.97. The van der Waals surface area contributed by atoms with E-state index < -0.39 is 11.4 Å². The summed E-state index contributed by atoms with van der Waals surface area (Å²) in [5.41, 5.74) is 0.471. The number of carboxylic acid groups (broad SMARTS) is 1. The molecule has 0 aliphatic heterocycles. The van der Waals surface area contributed by atoms with Gasteiger partial charge in [0.1, 0.15) is 5.75 Å². The van der Waals surface area contributed by atoms with Gasteiger partial charge in [-0.05, 0) is 29.5 Å². The van der Waals surface area contributed by atoms with Gasteiger partial charge in [-0.3, -0.25) is 9.59 Å². The van der Waals surface area contributed by atoms with Crippen LogP contribution >= 0.6 is 0 Å². The largest absolute Gasteiger partial charge is 0.497 e. The number of amides is 1. The highest BCUT2D eigenvalue weighted by Gasteiger charge is 2.26. The molecule has 0 fully saturated rings. The SMILES string of the molecule is CCCCC(NC(=O)CC(C)(C)CC(=O)O)c1ccc(OC)cc1. The predicted octanol–water partition coefficient (Wildman–Crippen LogP) is 3.93. The van der Waals surface area contributed by atoms with Crippen LogP contribution in [0.1, 0.15) is 64.5 Å². The highest BCUT2D eigenvalue weighted by molar-refractivity contribution is 5.78. The van der Waals surface area contributed by atoms with Gasteiger partial charge in [0.15, 0.2) is 0 Å². The van der Waals surface area contributed by atoms with Crippen molar-refractivity contribution >= 4 is 11.9 Å². The summed E-state index contributed by atoms with van der Waals surface area (Å²) in [6.07, 6.45) is 3.08.